The van der Waals surface area contributed by atoms with Crippen molar-refractivity contribution in [3.63, 3.8) is 0 Å². The number of alkyl carbamates (subject to hydrolysis) is 1. The summed E-state index contributed by atoms with van der Waals surface area (Å²) in [6.07, 6.45) is -1.60. The van der Waals surface area contributed by atoms with Crippen LogP contribution in [-0.2, 0) is 4.74 Å². The fraction of sp³-hybridized carbons (Fsp3) is 0.923. The number of carbonyl (C=O) groups is 1. The van der Waals surface area contributed by atoms with E-state index in [1.165, 1.54) is 0 Å². The van der Waals surface area contributed by atoms with E-state index < -0.39 is 18.9 Å². The maximum Gasteiger partial charge on any atom is 0.422 e. The van der Waals surface area contributed by atoms with Crippen molar-refractivity contribution in [2.75, 3.05) is 6.61 Å². The quantitative estimate of drug-likeness (QED) is 0.834. The summed E-state index contributed by atoms with van der Waals surface area (Å²) in [5.41, 5.74) is 0.0163. The van der Waals surface area contributed by atoms with Crippen LogP contribution in [0.5, 0.6) is 0 Å². The van der Waals surface area contributed by atoms with Crippen LogP contribution in [0.4, 0.5) is 18.0 Å². The minimum absolute atomic E-state index is 0.0163. The molecule has 1 aliphatic rings. The van der Waals surface area contributed by atoms with Crippen molar-refractivity contribution in [3.05, 3.63) is 0 Å². The molecule has 0 aliphatic heterocycles. The van der Waals surface area contributed by atoms with E-state index in [2.05, 4.69) is 30.8 Å². The normalized spacial score (nSPS) is 24.9. The molecule has 1 amide bonds. The SMILES string of the molecule is CC(C)(C)C1CCCCC1NC(=O)OCC(F)(F)F. The minimum atomic E-state index is -4.48. The molecular weight excluding hydrogens is 259 g/mol. The van der Waals surface area contributed by atoms with Crippen LogP contribution in [-0.4, -0.2) is 24.9 Å². The summed E-state index contributed by atoms with van der Waals surface area (Å²) in [4.78, 5) is 11.4. The summed E-state index contributed by atoms with van der Waals surface area (Å²) in [6.45, 7) is 4.71. The lowest BCUT2D eigenvalue weighted by Gasteiger charge is -2.40. The molecule has 3 nitrogen and oxygen atoms in total. The summed E-state index contributed by atoms with van der Waals surface area (Å²) >= 11 is 0. The molecule has 0 aromatic carbocycles. The fourth-order valence-electron chi connectivity index (χ4n) is 2.68. The molecule has 0 spiro atoms. The predicted octanol–water partition coefficient (Wildman–Crippen LogP) is 3.88. The number of carbonyl (C=O) groups excluding carboxylic acids is 1. The highest BCUT2D eigenvalue weighted by molar-refractivity contribution is 5.67. The topological polar surface area (TPSA) is 38.3 Å². The monoisotopic (exact) mass is 281 g/mol. The Morgan fingerprint density at radius 2 is 1.79 bits per heavy atom. The molecule has 2 unspecified atom stereocenters. The van der Waals surface area contributed by atoms with Gasteiger partial charge in [0.2, 0.25) is 0 Å². The molecule has 112 valence electrons. The molecular formula is C13H22F3NO2. The maximum absolute atomic E-state index is 12.0. The average molecular weight is 281 g/mol. The van der Waals surface area contributed by atoms with Crippen LogP contribution in [0.1, 0.15) is 46.5 Å². The third kappa shape index (κ3) is 5.70. The van der Waals surface area contributed by atoms with E-state index in [1.807, 2.05) is 0 Å². The maximum atomic E-state index is 12.0. The van der Waals surface area contributed by atoms with Crippen LogP contribution >= 0.6 is 0 Å². The molecule has 1 aliphatic carbocycles. The van der Waals surface area contributed by atoms with E-state index >= 15 is 0 Å². The number of amides is 1. The minimum Gasteiger partial charge on any atom is -0.440 e. The van der Waals surface area contributed by atoms with E-state index in [0.29, 0.717) is 0 Å². The predicted molar refractivity (Wildman–Crippen MR) is 65.7 cm³/mol. The van der Waals surface area contributed by atoms with Gasteiger partial charge in [0.25, 0.3) is 0 Å². The van der Waals surface area contributed by atoms with Crippen LogP contribution in [0.15, 0.2) is 0 Å². The van der Waals surface area contributed by atoms with Gasteiger partial charge in [0, 0.05) is 6.04 Å². The highest BCUT2D eigenvalue weighted by Gasteiger charge is 2.36. The lowest BCUT2D eigenvalue weighted by Crippen LogP contribution is -2.47. The molecule has 1 saturated carbocycles. The van der Waals surface area contributed by atoms with Gasteiger partial charge < -0.3 is 10.1 Å². The van der Waals surface area contributed by atoms with Crippen molar-refractivity contribution >= 4 is 6.09 Å². The highest BCUT2D eigenvalue weighted by atomic mass is 19.4. The van der Waals surface area contributed by atoms with Crippen molar-refractivity contribution < 1.29 is 22.7 Å². The van der Waals surface area contributed by atoms with Gasteiger partial charge in [0.15, 0.2) is 6.61 Å². The van der Waals surface area contributed by atoms with Gasteiger partial charge in [0.1, 0.15) is 0 Å². The van der Waals surface area contributed by atoms with E-state index in [-0.39, 0.29) is 17.4 Å². The number of ether oxygens (including phenoxy) is 1. The molecule has 0 saturated heterocycles. The second kappa shape index (κ2) is 6.01. The number of halogens is 3. The van der Waals surface area contributed by atoms with Crippen molar-refractivity contribution in [3.8, 4) is 0 Å². The average Bonchev–Trinajstić information content (AvgIpc) is 2.25. The van der Waals surface area contributed by atoms with Gasteiger partial charge >= 0.3 is 12.3 Å². The van der Waals surface area contributed by atoms with E-state index in [0.717, 1.165) is 25.7 Å². The van der Waals surface area contributed by atoms with Gasteiger partial charge in [-0.15, -0.1) is 0 Å². The van der Waals surface area contributed by atoms with Crippen molar-refractivity contribution in [2.24, 2.45) is 11.3 Å². The Kier molecular flexibility index (Phi) is 5.10. The summed E-state index contributed by atoms with van der Waals surface area (Å²) < 4.78 is 40.1. The summed E-state index contributed by atoms with van der Waals surface area (Å²) in [5, 5.41) is 2.59. The van der Waals surface area contributed by atoms with Crippen molar-refractivity contribution in [1.29, 1.82) is 0 Å². The van der Waals surface area contributed by atoms with E-state index in [1.54, 1.807) is 0 Å². The molecule has 19 heavy (non-hydrogen) atoms. The van der Waals surface area contributed by atoms with Gasteiger partial charge in [-0.25, -0.2) is 4.79 Å². The second-order valence-electron chi connectivity index (χ2n) is 6.20. The Balaban J connectivity index is 2.51. The number of hydrogen-bond donors (Lipinski definition) is 1. The first kappa shape index (κ1) is 16.1. The van der Waals surface area contributed by atoms with Gasteiger partial charge in [-0.3, -0.25) is 0 Å². The standard InChI is InChI=1S/C13H22F3NO2/c1-12(2,3)9-6-4-5-7-10(9)17-11(18)19-8-13(14,15)16/h9-10H,4-8H2,1-3H3,(H,17,18). The van der Waals surface area contributed by atoms with Crippen molar-refractivity contribution in [2.45, 2.75) is 58.7 Å². The van der Waals surface area contributed by atoms with Crippen LogP contribution in [0, 0.1) is 11.3 Å². The van der Waals surface area contributed by atoms with Gasteiger partial charge in [-0.2, -0.15) is 13.2 Å². The molecule has 0 radical (unpaired) electrons. The largest absolute Gasteiger partial charge is 0.440 e. The zero-order chi connectivity index (χ0) is 14.7. The first-order chi connectivity index (χ1) is 8.59. The molecule has 1 rings (SSSR count). The number of alkyl halides is 3. The third-order valence-electron chi connectivity index (χ3n) is 3.55. The first-order valence-electron chi connectivity index (χ1n) is 6.59. The molecule has 0 heterocycles. The highest BCUT2D eigenvalue weighted by Crippen LogP contribution is 2.38. The molecule has 1 fully saturated rings. The molecule has 0 bridgehead atoms. The Hall–Kier alpha value is -0.940. The zero-order valence-corrected chi connectivity index (χ0v) is 11.6. The Morgan fingerprint density at radius 1 is 1.21 bits per heavy atom. The summed E-state index contributed by atoms with van der Waals surface area (Å²) in [6, 6.07) is -0.102. The number of nitrogens with one attached hydrogen (secondary N) is 1. The van der Waals surface area contributed by atoms with E-state index in [4.69, 9.17) is 0 Å². The number of hydrogen-bond acceptors (Lipinski definition) is 2. The van der Waals surface area contributed by atoms with E-state index in [9.17, 15) is 18.0 Å². The Labute approximate surface area is 111 Å². The van der Waals surface area contributed by atoms with Crippen LogP contribution in [0.25, 0.3) is 0 Å². The second-order valence-corrected chi connectivity index (χ2v) is 6.20. The summed E-state index contributed by atoms with van der Waals surface area (Å²) in [7, 11) is 0. The Morgan fingerprint density at radius 3 is 2.32 bits per heavy atom. The van der Waals surface area contributed by atoms with Gasteiger partial charge in [-0.05, 0) is 24.2 Å². The third-order valence-corrected chi connectivity index (χ3v) is 3.55. The van der Waals surface area contributed by atoms with Crippen LogP contribution in [0.2, 0.25) is 0 Å². The zero-order valence-electron chi connectivity index (χ0n) is 11.6. The molecule has 0 aromatic rings. The fourth-order valence-corrected chi connectivity index (χ4v) is 2.68. The molecule has 0 aromatic heterocycles. The van der Waals surface area contributed by atoms with Crippen molar-refractivity contribution in [1.82, 2.24) is 5.32 Å². The molecule has 1 N–H and O–H groups in total. The molecule has 6 heteroatoms. The van der Waals surface area contributed by atoms with Crippen LogP contribution in [0.3, 0.4) is 0 Å². The first-order valence-corrected chi connectivity index (χ1v) is 6.59. The lowest BCUT2D eigenvalue weighted by molar-refractivity contribution is -0.160. The number of rotatable bonds is 2. The Bertz CT molecular complexity index is 310. The van der Waals surface area contributed by atoms with Gasteiger partial charge in [0.05, 0.1) is 0 Å². The smallest absolute Gasteiger partial charge is 0.422 e. The van der Waals surface area contributed by atoms with Crippen LogP contribution < -0.4 is 5.32 Å². The lowest BCUT2D eigenvalue weighted by atomic mass is 9.69. The molecule has 2 atom stereocenters. The summed E-state index contributed by atoms with van der Waals surface area (Å²) in [5.74, 6) is 0.264. The van der Waals surface area contributed by atoms with Gasteiger partial charge in [-0.1, -0.05) is 33.6 Å².